The molecule has 0 bridgehead atoms. The number of non-ortho nitro benzene ring substituents is 1. The molecule has 0 aliphatic heterocycles. The number of H-pyrrole nitrogens is 2. The highest BCUT2D eigenvalue weighted by Crippen LogP contribution is 2.12. The number of nitro benzene ring substituents is 1. The lowest BCUT2D eigenvalue weighted by Crippen LogP contribution is -2.46. The first-order chi connectivity index (χ1) is 13.0. The van der Waals surface area contributed by atoms with Gasteiger partial charge in [-0.3, -0.25) is 19.7 Å². The van der Waals surface area contributed by atoms with Crippen LogP contribution in [-0.2, 0) is 0 Å². The summed E-state index contributed by atoms with van der Waals surface area (Å²) < 4.78 is 5.07. The maximum absolute atomic E-state index is 12.3. The Labute approximate surface area is 152 Å². The molecule has 0 saturated heterocycles. The van der Waals surface area contributed by atoms with E-state index >= 15 is 0 Å². The Kier molecular flexibility index (Phi) is 4.98. The normalized spacial score (nSPS) is 12.2. The Morgan fingerprint density at radius 2 is 1.30 bits per heavy atom. The highest BCUT2D eigenvalue weighted by Gasteiger charge is 2.03. The van der Waals surface area contributed by atoms with Gasteiger partial charge in [0.05, 0.1) is 12.0 Å². The predicted octanol–water partition coefficient (Wildman–Crippen LogP) is 0.638. The van der Waals surface area contributed by atoms with Gasteiger partial charge in [0.25, 0.3) is 16.8 Å². The molecule has 0 amide bonds. The summed E-state index contributed by atoms with van der Waals surface area (Å²) in [5.41, 5.74) is 0.281. The Morgan fingerprint density at radius 1 is 0.852 bits per heavy atom. The zero-order chi connectivity index (χ0) is 19.4. The van der Waals surface area contributed by atoms with Crippen LogP contribution in [0.3, 0.4) is 0 Å². The van der Waals surface area contributed by atoms with Gasteiger partial charge in [0.1, 0.15) is 16.4 Å². The van der Waals surface area contributed by atoms with Gasteiger partial charge < -0.3 is 14.7 Å². The topological polar surface area (TPSA) is 118 Å². The molecule has 0 atom stereocenters. The van der Waals surface area contributed by atoms with Gasteiger partial charge in [-0.2, -0.15) is 0 Å². The number of benzene rings is 2. The van der Waals surface area contributed by atoms with Crippen LogP contribution in [0.4, 0.5) is 5.69 Å². The van der Waals surface area contributed by atoms with Crippen LogP contribution in [-0.4, -0.2) is 22.0 Å². The Hall–Kier alpha value is -3.94. The molecule has 0 aliphatic carbocycles. The van der Waals surface area contributed by atoms with Gasteiger partial charge >= 0.3 is 0 Å². The molecule has 1 aromatic heterocycles. The van der Waals surface area contributed by atoms with Gasteiger partial charge in [0.15, 0.2) is 0 Å². The second-order valence-corrected chi connectivity index (χ2v) is 5.65. The van der Waals surface area contributed by atoms with E-state index in [1.54, 1.807) is 37.5 Å². The molecule has 0 unspecified atom stereocenters. The average Bonchev–Trinajstić information content (AvgIpc) is 2.67. The quantitative estimate of drug-likeness (QED) is 0.520. The van der Waals surface area contributed by atoms with Crippen molar-refractivity contribution in [1.82, 2.24) is 9.97 Å². The van der Waals surface area contributed by atoms with Crippen molar-refractivity contribution in [3.63, 3.8) is 0 Å². The summed E-state index contributed by atoms with van der Waals surface area (Å²) in [6.45, 7) is 0. The fourth-order valence-corrected chi connectivity index (χ4v) is 2.42. The largest absolute Gasteiger partial charge is 0.497 e. The van der Waals surface area contributed by atoms with Gasteiger partial charge in [-0.15, -0.1) is 0 Å². The van der Waals surface area contributed by atoms with E-state index in [4.69, 9.17) is 4.74 Å². The summed E-state index contributed by atoms with van der Waals surface area (Å²) >= 11 is 0. The average molecular weight is 365 g/mol. The highest BCUT2D eigenvalue weighted by atomic mass is 16.6. The molecule has 0 radical (unpaired) electrons. The van der Waals surface area contributed by atoms with Gasteiger partial charge in [0, 0.05) is 12.1 Å². The van der Waals surface area contributed by atoms with Crippen LogP contribution < -0.4 is 26.6 Å². The fourth-order valence-electron chi connectivity index (χ4n) is 2.42. The summed E-state index contributed by atoms with van der Waals surface area (Å²) in [4.78, 5) is 39.8. The van der Waals surface area contributed by atoms with Crippen molar-refractivity contribution in [3.05, 3.63) is 101 Å². The number of hydrogen-bond acceptors (Lipinski definition) is 5. The van der Waals surface area contributed by atoms with E-state index < -0.39 is 16.0 Å². The zero-order valence-electron chi connectivity index (χ0n) is 14.3. The molecule has 3 aromatic rings. The minimum atomic E-state index is -0.512. The maximum Gasteiger partial charge on any atom is 0.272 e. The summed E-state index contributed by atoms with van der Waals surface area (Å²) in [5, 5.41) is 10.8. The number of rotatable bonds is 4. The van der Waals surface area contributed by atoms with Gasteiger partial charge in [-0.1, -0.05) is 12.1 Å². The van der Waals surface area contributed by atoms with Crippen LogP contribution in [0.5, 0.6) is 5.75 Å². The van der Waals surface area contributed by atoms with Gasteiger partial charge in [-0.05, 0) is 47.5 Å². The zero-order valence-corrected chi connectivity index (χ0v) is 14.3. The van der Waals surface area contributed by atoms with Crippen molar-refractivity contribution in [2.24, 2.45) is 0 Å². The second-order valence-electron chi connectivity index (χ2n) is 5.65. The first-order valence-electron chi connectivity index (χ1n) is 7.91. The smallest absolute Gasteiger partial charge is 0.272 e. The van der Waals surface area contributed by atoms with Crippen LogP contribution in [0.1, 0.15) is 11.1 Å². The molecule has 1 heterocycles. The summed E-state index contributed by atoms with van der Waals surface area (Å²) in [6, 6.07) is 12.6. The van der Waals surface area contributed by atoms with Crippen molar-refractivity contribution in [1.29, 1.82) is 0 Å². The third-order valence-corrected chi connectivity index (χ3v) is 3.83. The van der Waals surface area contributed by atoms with Crippen molar-refractivity contribution in [3.8, 4) is 5.75 Å². The van der Waals surface area contributed by atoms with E-state index in [0.717, 1.165) is 5.56 Å². The first-order valence-corrected chi connectivity index (χ1v) is 7.91. The Morgan fingerprint density at radius 3 is 1.70 bits per heavy atom. The van der Waals surface area contributed by atoms with Crippen molar-refractivity contribution in [2.45, 2.75) is 0 Å². The standard InChI is InChI=1S/C19H15N3O5/c1-27-15-8-4-13(5-9-15)11-17-19(24)20-16(18(23)21-17)10-12-2-6-14(7-3-12)22(25)26/h2-11H,1H3,(H,20,24)(H,21,23)/b16-10-,17-11-. The third kappa shape index (κ3) is 4.18. The SMILES string of the molecule is COc1ccc(/C=c2\[nH]c(=O)/c(=C/c3ccc([N+](=O)[O-])cc3)[nH]c2=O)cc1. The van der Waals surface area contributed by atoms with Crippen LogP contribution in [0, 0.1) is 10.1 Å². The van der Waals surface area contributed by atoms with Crippen LogP contribution in [0.15, 0.2) is 58.1 Å². The lowest BCUT2D eigenvalue weighted by Gasteiger charge is -1.99. The van der Waals surface area contributed by atoms with E-state index in [0.29, 0.717) is 11.3 Å². The molecule has 8 heteroatoms. The number of ether oxygens (including phenoxy) is 1. The summed E-state index contributed by atoms with van der Waals surface area (Å²) in [7, 11) is 1.56. The minimum Gasteiger partial charge on any atom is -0.497 e. The van der Waals surface area contributed by atoms with Crippen LogP contribution in [0.25, 0.3) is 12.2 Å². The number of nitrogens with zero attached hydrogens (tertiary/aromatic N) is 1. The molecule has 0 aliphatic rings. The van der Waals surface area contributed by atoms with E-state index in [9.17, 15) is 19.7 Å². The summed E-state index contributed by atoms with van der Waals surface area (Å²) in [5.74, 6) is 0.683. The molecule has 8 nitrogen and oxygen atoms in total. The van der Waals surface area contributed by atoms with Crippen LogP contribution >= 0.6 is 0 Å². The molecule has 2 aromatic carbocycles. The minimum absolute atomic E-state index is 0.0562. The summed E-state index contributed by atoms with van der Waals surface area (Å²) in [6.07, 6.45) is 3.00. The van der Waals surface area contributed by atoms with Crippen molar-refractivity contribution < 1.29 is 9.66 Å². The number of nitro groups is 1. The lowest BCUT2D eigenvalue weighted by atomic mass is 10.2. The molecule has 0 spiro atoms. The molecule has 3 rings (SSSR count). The third-order valence-electron chi connectivity index (χ3n) is 3.83. The van der Waals surface area contributed by atoms with Crippen LogP contribution in [0.2, 0.25) is 0 Å². The van der Waals surface area contributed by atoms with E-state index in [1.807, 2.05) is 0 Å². The van der Waals surface area contributed by atoms with E-state index in [2.05, 4.69) is 9.97 Å². The Bertz CT molecular complexity index is 1210. The molecule has 27 heavy (non-hydrogen) atoms. The number of aromatic nitrogens is 2. The molecule has 2 N–H and O–H groups in total. The van der Waals surface area contributed by atoms with Crippen molar-refractivity contribution >= 4 is 17.8 Å². The second kappa shape index (κ2) is 7.52. The molecular formula is C19H15N3O5. The first kappa shape index (κ1) is 17.9. The van der Waals surface area contributed by atoms with E-state index in [1.165, 1.54) is 30.3 Å². The number of methoxy groups -OCH3 is 1. The molecule has 0 saturated carbocycles. The number of hydrogen-bond donors (Lipinski definition) is 2. The number of nitrogens with one attached hydrogen (secondary N) is 2. The maximum atomic E-state index is 12.3. The monoisotopic (exact) mass is 365 g/mol. The van der Waals surface area contributed by atoms with Gasteiger partial charge in [0.2, 0.25) is 0 Å². The van der Waals surface area contributed by atoms with Gasteiger partial charge in [-0.25, -0.2) is 0 Å². The Balaban J connectivity index is 2.01. The van der Waals surface area contributed by atoms with E-state index in [-0.39, 0.29) is 16.4 Å². The molecular weight excluding hydrogens is 350 g/mol. The molecule has 136 valence electrons. The lowest BCUT2D eigenvalue weighted by molar-refractivity contribution is -0.384. The molecule has 0 fully saturated rings. The highest BCUT2D eigenvalue weighted by molar-refractivity contribution is 5.51. The fraction of sp³-hybridized carbons (Fsp3) is 0.0526. The van der Waals surface area contributed by atoms with Crippen molar-refractivity contribution in [2.75, 3.05) is 7.11 Å². The number of aromatic amines is 2. The predicted molar refractivity (Wildman–Crippen MR) is 100 cm³/mol.